The van der Waals surface area contributed by atoms with E-state index in [9.17, 15) is 14.7 Å². The van der Waals surface area contributed by atoms with E-state index < -0.39 is 12.0 Å². The lowest BCUT2D eigenvalue weighted by Crippen LogP contribution is -2.50. The third-order valence-electron chi connectivity index (χ3n) is 3.71. The summed E-state index contributed by atoms with van der Waals surface area (Å²) in [7, 11) is 3.91. The predicted molar refractivity (Wildman–Crippen MR) is 108 cm³/mol. The van der Waals surface area contributed by atoms with E-state index in [0.717, 1.165) is 23.0 Å². The molecule has 1 aromatic carbocycles. The number of carboxylic acid groups (broad SMARTS) is 1. The molecule has 0 aliphatic carbocycles. The maximum Gasteiger partial charge on any atom is 0.266 e. The van der Waals surface area contributed by atoms with Crippen LogP contribution >= 0.6 is 35.7 Å². The van der Waals surface area contributed by atoms with Gasteiger partial charge in [-0.2, -0.15) is 11.8 Å². The van der Waals surface area contributed by atoms with E-state index >= 15 is 0 Å². The molecule has 0 N–H and O–H groups in total. The molecule has 5 nitrogen and oxygen atoms in total. The molecule has 0 spiro atoms. The van der Waals surface area contributed by atoms with Crippen LogP contribution in [0.4, 0.5) is 5.69 Å². The monoisotopic (exact) mass is 395 g/mol. The van der Waals surface area contributed by atoms with Crippen LogP contribution in [0.25, 0.3) is 6.08 Å². The van der Waals surface area contributed by atoms with Gasteiger partial charge in [-0.25, -0.2) is 0 Å². The maximum absolute atomic E-state index is 12.6. The van der Waals surface area contributed by atoms with Gasteiger partial charge in [0, 0.05) is 19.8 Å². The molecule has 1 atom stereocenters. The van der Waals surface area contributed by atoms with E-state index in [2.05, 4.69) is 0 Å². The highest BCUT2D eigenvalue weighted by atomic mass is 32.2. The van der Waals surface area contributed by atoms with Crippen LogP contribution in [-0.2, 0) is 9.59 Å². The Balaban J connectivity index is 2.23. The minimum atomic E-state index is -1.28. The summed E-state index contributed by atoms with van der Waals surface area (Å²) >= 11 is 7.88. The number of amides is 1. The molecule has 0 bridgehead atoms. The van der Waals surface area contributed by atoms with Crippen molar-refractivity contribution in [3.8, 4) is 0 Å². The zero-order chi connectivity index (χ0) is 18.6. The summed E-state index contributed by atoms with van der Waals surface area (Å²) in [5, 5.41) is 11.4. The van der Waals surface area contributed by atoms with Crippen molar-refractivity contribution >= 4 is 63.7 Å². The summed E-state index contributed by atoms with van der Waals surface area (Å²) in [4.78, 5) is 27.7. The summed E-state index contributed by atoms with van der Waals surface area (Å²) in [6.45, 7) is 0. The third-order valence-corrected chi connectivity index (χ3v) is 5.68. The van der Waals surface area contributed by atoms with Crippen LogP contribution in [0.3, 0.4) is 0 Å². The first-order valence-corrected chi connectivity index (χ1v) is 10.2. The number of thiocarbonyl (C=S) groups is 1. The highest BCUT2D eigenvalue weighted by molar-refractivity contribution is 8.26. The van der Waals surface area contributed by atoms with Gasteiger partial charge in [0.1, 0.15) is 4.32 Å². The zero-order valence-electron chi connectivity index (χ0n) is 14.2. The molecule has 8 heteroatoms. The number of carboxylic acids is 1. The Labute approximate surface area is 161 Å². The van der Waals surface area contributed by atoms with Crippen LogP contribution in [0.5, 0.6) is 0 Å². The van der Waals surface area contributed by atoms with Gasteiger partial charge >= 0.3 is 0 Å². The quantitative estimate of drug-likeness (QED) is 0.515. The highest BCUT2D eigenvalue weighted by Crippen LogP contribution is 2.34. The van der Waals surface area contributed by atoms with E-state index in [4.69, 9.17) is 12.2 Å². The molecular formula is C17H19N2O3S3-. The molecule has 0 unspecified atom stereocenters. The number of carbonyl (C=O) groups is 2. The lowest BCUT2D eigenvalue weighted by atomic mass is 10.1. The molecule has 1 aliphatic heterocycles. The van der Waals surface area contributed by atoms with Crippen molar-refractivity contribution in [2.75, 3.05) is 31.0 Å². The summed E-state index contributed by atoms with van der Waals surface area (Å²) in [5.74, 6) is -1.04. The Hall–Kier alpha value is -1.51. The molecule has 2 rings (SSSR count). The average molecular weight is 396 g/mol. The third kappa shape index (κ3) is 4.77. The first kappa shape index (κ1) is 19.8. The van der Waals surface area contributed by atoms with Crippen molar-refractivity contribution in [3.05, 3.63) is 34.7 Å². The van der Waals surface area contributed by atoms with Gasteiger partial charge in [-0.3, -0.25) is 9.69 Å². The van der Waals surface area contributed by atoms with Gasteiger partial charge in [0.05, 0.1) is 16.9 Å². The summed E-state index contributed by atoms with van der Waals surface area (Å²) in [6.07, 6.45) is 3.92. The molecule has 1 aromatic rings. The predicted octanol–water partition coefficient (Wildman–Crippen LogP) is 1.83. The lowest BCUT2D eigenvalue weighted by Gasteiger charge is -2.27. The first-order chi connectivity index (χ1) is 11.8. The van der Waals surface area contributed by atoms with E-state index in [1.54, 1.807) is 6.08 Å². The standard InChI is InChI=1S/C17H20N2O3S3/c1-18(2)12-6-4-11(5-7-12)10-14-15(20)19(17(23)25-14)13(16(21)22)8-9-24-3/h4-7,10,13H,8-9H2,1-3H3,(H,21,22)/p-1/b14-10+/t13-/m1/s1. The van der Waals surface area contributed by atoms with Crippen LogP contribution in [0.15, 0.2) is 29.2 Å². The number of thioether (sulfide) groups is 2. The second kappa shape index (κ2) is 8.73. The van der Waals surface area contributed by atoms with Gasteiger partial charge in [0.25, 0.3) is 5.91 Å². The van der Waals surface area contributed by atoms with Crippen molar-refractivity contribution in [1.82, 2.24) is 4.90 Å². The van der Waals surface area contributed by atoms with Crippen molar-refractivity contribution in [3.63, 3.8) is 0 Å². The average Bonchev–Trinajstić information content (AvgIpc) is 2.83. The normalized spacial score (nSPS) is 17.2. The van der Waals surface area contributed by atoms with Crippen LogP contribution in [-0.4, -0.2) is 53.2 Å². The topological polar surface area (TPSA) is 63.7 Å². The van der Waals surface area contributed by atoms with Gasteiger partial charge in [-0.05, 0) is 42.2 Å². The Kier molecular flexibility index (Phi) is 6.92. The molecule has 0 radical (unpaired) electrons. The van der Waals surface area contributed by atoms with Gasteiger partial charge in [-0.1, -0.05) is 36.1 Å². The first-order valence-electron chi connectivity index (χ1n) is 7.59. The summed E-state index contributed by atoms with van der Waals surface area (Å²) in [5.41, 5.74) is 1.92. The van der Waals surface area contributed by atoms with Crippen molar-refractivity contribution in [1.29, 1.82) is 0 Å². The molecule has 1 amide bonds. The minimum Gasteiger partial charge on any atom is -0.548 e. The van der Waals surface area contributed by atoms with E-state index in [-0.39, 0.29) is 10.2 Å². The van der Waals surface area contributed by atoms with Crippen molar-refractivity contribution in [2.45, 2.75) is 12.5 Å². The molecule has 0 aromatic heterocycles. The lowest BCUT2D eigenvalue weighted by molar-refractivity contribution is -0.310. The fourth-order valence-corrected chi connectivity index (χ4v) is 4.17. The van der Waals surface area contributed by atoms with Crippen molar-refractivity contribution < 1.29 is 14.7 Å². The van der Waals surface area contributed by atoms with Gasteiger partial charge in [0.15, 0.2) is 0 Å². The number of benzene rings is 1. The van der Waals surface area contributed by atoms with Crippen LogP contribution in [0.2, 0.25) is 0 Å². The molecule has 1 heterocycles. The van der Waals surface area contributed by atoms with E-state index in [1.807, 2.05) is 49.5 Å². The highest BCUT2D eigenvalue weighted by Gasteiger charge is 2.37. The molecule has 0 saturated carbocycles. The second-order valence-electron chi connectivity index (χ2n) is 5.65. The van der Waals surface area contributed by atoms with E-state index in [1.165, 1.54) is 16.7 Å². The fourth-order valence-electron chi connectivity index (χ4n) is 2.35. The Morgan fingerprint density at radius 3 is 2.56 bits per heavy atom. The molecule has 1 fully saturated rings. The number of hydrogen-bond donors (Lipinski definition) is 0. The van der Waals surface area contributed by atoms with Gasteiger partial charge in [0.2, 0.25) is 0 Å². The Morgan fingerprint density at radius 2 is 2.04 bits per heavy atom. The zero-order valence-corrected chi connectivity index (χ0v) is 16.7. The number of rotatable bonds is 7. The number of anilines is 1. The molecular weight excluding hydrogens is 376 g/mol. The number of aliphatic carboxylic acids is 1. The smallest absolute Gasteiger partial charge is 0.266 e. The van der Waals surface area contributed by atoms with E-state index in [0.29, 0.717) is 17.1 Å². The number of hydrogen-bond acceptors (Lipinski definition) is 7. The van der Waals surface area contributed by atoms with Gasteiger partial charge < -0.3 is 14.8 Å². The molecule has 134 valence electrons. The summed E-state index contributed by atoms with van der Waals surface area (Å²) in [6, 6.07) is 6.70. The fraction of sp³-hybridized carbons (Fsp3) is 0.353. The molecule has 1 saturated heterocycles. The molecule has 1 aliphatic rings. The van der Waals surface area contributed by atoms with Crippen molar-refractivity contribution in [2.24, 2.45) is 0 Å². The van der Waals surface area contributed by atoms with Crippen LogP contribution < -0.4 is 10.0 Å². The number of nitrogens with zero attached hydrogens (tertiary/aromatic N) is 2. The van der Waals surface area contributed by atoms with Crippen LogP contribution in [0.1, 0.15) is 12.0 Å². The SMILES string of the molecule is CSCC[C@H](C(=O)[O-])N1C(=O)/C(=C\c2ccc(N(C)C)cc2)SC1=S. The second-order valence-corrected chi connectivity index (χ2v) is 8.32. The maximum atomic E-state index is 12.6. The van der Waals surface area contributed by atoms with Gasteiger partial charge in [-0.15, -0.1) is 0 Å². The Morgan fingerprint density at radius 1 is 1.40 bits per heavy atom. The number of carbonyl (C=O) groups excluding carboxylic acids is 2. The Bertz CT molecular complexity index is 702. The van der Waals surface area contributed by atoms with Crippen LogP contribution in [0, 0.1) is 0 Å². The largest absolute Gasteiger partial charge is 0.548 e. The minimum absolute atomic E-state index is 0.261. The molecule has 25 heavy (non-hydrogen) atoms. The summed E-state index contributed by atoms with van der Waals surface area (Å²) < 4.78 is 0.261.